The first-order valence-corrected chi connectivity index (χ1v) is 6.32. The molecule has 0 amide bonds. The lowest BCUT2D eigenvalue weighted by atomic mass is 9.93. The van der Waals surface area contributed by atoms with E-state index in [0.717, 1.165) is 31.6 Å². The fraction of sp³-hybridized carbons (Fsp3) is 0.429. The fourth-order valence-corrected chi connectivity index (χ4v) is 2.92. The van der Waals surface area contributed by atoms with Crippen molar-refractivity contribution in [2.75, 3.05) is 6.61 Å². The lowest BCUT2D eigenvalue weighted by Gasteiger charge is -2.09. The number of fused-ring (bicyclic) bond motifs is 1. The van der Waals surface area contributed by atoms with Crippen molar-refractivity contribution in [3.05, 3.63) is 41.5 Å². The van der Waals surface area contributed by atoms with E-state index in [1.54, 1.807) is 0 Å². The average Bonchev–Trinajstić information content (AvgIpc) is 2.87. The molecule has 84 valence electrons. The molecule has 0 spiro atoms. The van der Waals surface area contributed by atoms with Gasteiger partial charge in [-0.3, -0.25) is 0 Å². The Morgan fingerprint density at radius 1 is 1.31 bits per heavy atom. The molecule has 3 rings (SSSR count). The monoisotopic (exact) mass is 234 g/mol. The minimum atomic E-state index is 0.257. The van der Waals surface area contributed by atoms with E-state index >= 15 is 0 Å². The van der Waals surface area contributed by atoms with Crippen LogP contribution in [0.25, 0.3) is 0 Å². The zero-order valence-corrected chi connectivity index (χ0v) is 9.91. The van der Waals surface area contributed by atoms with Crippen LogP contribution < -0.4 is 4.74 Å². The second-order valence-corrected chi connectivity index (χ2v) is 5.19. The normalized spacial score (nSPS) is 27.4. The Balaban J connectivity index is 1.76. The number of hydrogen-bond acceptors (Lipinski definition) is 1. The highest BCUT2D eigenvalue weighted by Crippen LogP contribution is 2.39. The number of ether oxygens (including phenoxy) is 1. The van der Waals surface area contributed by atoms with Crippen LogP contribution in [0.5, 0.6) is 5.75 Å². The molecule has 1 aromatic carbocycles. The van der Waals surface area contributed by atoms with Gasteiger partial charge >= 0.3 is 0 Å². The lowest BCUT2D eigenvalue weighted by molar-refractivity contribution is 0.329. The van der Waals surface area contributed by atoms with Gasteiger partial charge in [-0.2, -0.15) is 0 Å². The molecule has 0 saturated carbocycles. The van der Waals surface area contributed by atoms with Crippen molar-refractivity contribution in [3.8, 4) is 5.75 Å². The van der Waals surface area contributed by atoms with Crippen molar-refractivity contribution >= 4 is 11.6 Å². The van der Waals surface area contributed by atoms with Gasteiger partial charge in [0.2, 0.25) is 0 Å². The minimum absolute atomic E-state index is 0.257. The molecule has 2 aliphatic rings. The second kappa shape index (κ2) is 4.14. The Labute approximate surface area is 101 Å². The van der Waals surface area contributed by atoms with Crippen molar-refractivity contribution < 1.29 is 4.74 Å². The molecule has 2 unspecified atom stereocenters. The van der Waals surface area contributed by atoms with Crippen LogP contribution in [0.15, 0.2) is 35.9 Å². The van der Waals surface area contributed by atoms with Crippen molar-refractivity contribution in [1.82, 2.24) is 0 Å². The van der Waals surface area contributed by atoms with Gasteiger partial charge in [0.15, 0.2) is 0 Å². The lowest BCUT2D eigenvalue weighted by Crippen LogP contribution is -2.01. The molecule has 1 aromatic rings. The number of para-hydroxylation sites is 1. The Hall–Kier alpha value is -0.950. The molecule has 1 aliphatic heterocycles. The van der Waals surface area contributed by atoms with Crippen molar-refractivity contribution in [1.29, 1.82) is 0 Å². The van der Waals surface area contributed by atoms with Crippen LogP contribution in [-0.4, -0.2) is 12.0 Å². The molecule has 1 heterocycles. The molecule has 0 N–H and O–H groups in total. The Morgan fingerprint density at radius 3 is 3.00 bits per heavy atom. The molecule has 0 bridgehead atoms. The van der Waals surface area contributed by atoms with E-state index in [9.17, 15) is 0 Å². The summed E-state index contributed by atoms with van der Waals surface area (Å²) in [6.45, 7) is 0.823. The predicted octanol–water partition coefficient (Wildman–Crippen LogP) is 3.88. The molecule has 0 aromatic heterocycles. The highest BCUT2D eigenvalue weighted by atomic mass is 35.5. The van der Waals surface area contributed by atoms with Gasteiger partial charge < -0.3 is 4.74 Å². The largest absolute Gasteiger partial charge is 0.493 e. The molecule has 1 nitrogen and oxygen atoms in total. The molecule has 2 atom stereocenters. The van der Waals surface area contributed by atoms with Gasteiger partial charge in [0.1, 0.15) is 5.75 Å². The van der Waals surface area contributed by atoms with E-state index in [1.165, 1.54) is 11.1 Å². The SMILES string of the molecule is ClC1C=C(CC2COc3ccccc32)CC1. The Morgan fingerprint density at radius 2 is 2.19 bits per heavy atom. The summed E-state index contributed by atoms with van der Waals surface area (Å²) in [5.74, 6) is 1.60. The molecule has 16 heavy (non-hydrogen) atoms. The summed E-state index contributed by atoms with van der Waals surface area (Å²) in [6, 6.07) is 8.36. The summed E-state index contributed by atoms with van der Waals surface area (Å²) >= 11 is 6.08. The predicted molar refractivity (Wildman–Crippen MR) is 66.3 cm³/mol. The fourth-order valence-electron chi connectivity index (χ4n) is 2.63. The number of benzene rings is 1. The first kappa shape index (κ1) is 10.2. The maximum atomic E-state index is 6.08. The van der Waals surface area contributed by atoms with Crippen LogP contribution >= 0.6 is 11.6 Å². The molecule has 0 radical (unpaired) electrons. The average molecular weight is 235 g/mol. The Kier molecular flexibility index (Phi) is 2.64. The van der Waals surface area contributed by atoms with Crippen LogP contribution in [0.2, 0.25) is 0 Å². The third-order valence-electron chi connectivity index (χ3n) is 3.47. The van der Waals surface area contributed by atoms with E-state index in [-0.39, 0.29) is 5.38 Å². The maximum absolute atomic E-state index is 6.08. The summed E-state index contributed by atoms with van der Waals surface area (Å²) in [4.78, 5) is 0. The topological polar surface area (TPSA) is 9.23 Å². The van der Waals surface area contributed by atoms with E-state index in [0.29, 0.717) is 5.92 Å². The third kappa shape index (κ3) is 1.84. The van der Waals surface area contributed by atoms with Crippen LogP contribution in [0.1, 0.15) is 30.7 Å². The van der Waals surface area contributed by atoms with Gasteiger partial charge in [0, 0.05) is 11.5 Å². The van der Waals surface area contributed by atoms with E-state index in [2.05, 4.69) is 24.3 Å². The summed E-state index contributed by atoms with van der Waals surface area (Å²) in [7, 11) is 0. The van der Waals surface area contributed by atoms with Gasteiger partial charge in [-0.1, -0.05) is 29.8 Å². The number of alkyl halides is 1. The molecule has 0 saturated heterocycles. The van der Waals surface area contributed by atoms with Crippen molar-refractivity contribution in [2.24, 2.45) is 0 Å². The molecule has 2 heteroatoms. The smallest absolute Gasteiger partial charge is 0.122 e. The highest BCUT2D eigenvalue weighted by Gasteiger charge is 2.25. The van der Waals surface area contributed by atoms with Gasteiger partial charge in [-0.25, -0.2) is 0 Å². The van der Waals surface area contributed by atoms with Crippen molar-refractivity contribution in [2.45, 2.75) is 30.6 Å². The zero-order valence-electron chi connectivity index (χ0n) is 9.16. The van der Waals surface area contributed by atoms with E-state index in [1.807, 2.05) is 6.07 Å². The van der Waals surface area contributed by atoms with Gasteiger partial charge in [-0.05, 0) is 25.3 Å². The summed E-state index contributed by atoms with van der Waals surface area (Å²) < 4.78 is 5.69. The Bertz CT molecular complexity index is 424. The first-order chi connectivity index (χ1) is 7.83. The second-order valence-electron chi connectivity index (χ2n) is 4.63. The summed E-state index contributed by atoms with van der Waals surface area (Å²) in [5, 5.41) is 0.257. The minimum Gasteiger partial charge on any atom is -0.493 e. The third-order valence-corrected chi connectivity index (χ3v) is 3.81. The van der Waals surface area contributed by atoms with Gasteiger partial charge in [0.05, 0.1) is 12.0 Å². The van der Waals surface area contributed by atoms with E-state index in [4.69, 9.17) is 16.3 Å². The number of allylic oxidation sites excluding steroid dienone is 2. The van der Waals surface area contributed by atoms with Crippen LogP contribution in [0, 0.1) is 0 Å². The summed E-state index contributed by atoms with van der Waals surface area (Å²) in [6.07, 6.45) is 5.60. The van der Waals surface area contributed by atoms with E-state index < -0.39 is 0 Å². The molecular weight excluding hydrogens is 220 g/mol. The van der Waals surface area contributed by atoms with Gasteiger partial charge in [0.25, 0.3) is 0 Å². The van der Waals surface area contributed by atoms with Crippen molar-refractivity contribution in [3.63, 3.8) is 0 Å². The number of rotatable bonds is 2. The maximum Gasteiger partial charge on any atom is 0.122 e. The highest BCUT2D eigenvalue weighted by molar-refractivity contribution is 6.22. The number of halogens is 1. The quantitative estimate of drug-likeness (QED) is 0.558. The number of hydrogen-bond donors (Lipinski definition) is 0. The van der Waals surface area contributed by atoms with Crippen LogP contribution in [-0.2, 0) is 0 Å². The molecule has 1 aliphatic carbocycles. The van der Waals surface area contributed by atoms with Gasteiger partial charge in [-0.15, -0.1) is 11.6 Å². The van der Waals surface area contributed by atoms with Crippen LogP contribution in [0.3, 0.4) is 0 Å². The summed E-state index contributed by atoms with van der Waals surface area (Å²) in [5.41, 5.74) is 2.87. The first-order valence-electron chi connectivity index (χ1n) is 5.88. The molecule has 0 fully saturated rings. The molecular formula is C14H15ClO. The standard InChI is InChI=1S/C14H15ClO/c15-12-6-5-10(8-12)7-11-9-16-14-4-2-1-3-13(11)14/h1-4,8,11-12H,5-7,9H2. The zero-order chi connectivity index (χ0) is 11.0. The van der Waals surface area contributed by atoms with Crippen LogP contribution in [0.4, 0.5) is 0 Å².